The smallest absolute Gasteiger partial charge is 0.225 e. The lowest BCUT2D eigenvalue weighted by atomic mass is 9.78. The monoisotopic (exact) mass is 183 g/mol. The van der Waals surface area contributed by atoms with Crippen LogP contribution in [0.4, 0.5) is 0 Å². The minimum absolute atomic E-state index is 0.0249. The fourth-order valence-corrected chi connectivity index (χ4v) is 2.62. The van der Waals surface area contributed by atoms with E-state index in [1.807, 2.05) is 0 Å². The molecule has 0 aromatic rings. The summed E-state index contributed by atoms with van der Waals surface area (Å²) in [6, 6.07) is 0. The summed E-state index contributed by atoms with van der Waals surface area (Å²) >= 11 is 0. The zero-order valence-corrected chi connectivity index (χ0v) is 9.02. The highest BCUT2D eigenvalue weighted by atomic mass is 16.2. The fraction of sp³-hybridized carbons (Fsp3) is 0.909. The van der Waals surface area contributed by atoms with Gasteiger partial charge in [-0.05, 0) is 25.2 Å². The highest BCUT2D eigenvalue weighted by Crippen LogP contribution is 2.43. The summed E-state index contributed by atoms with van der Waals surface area (Å²) in [7, 11) is 1.75. The van der Waals surface area contributed by atoms with Crippen LogP contribution in [0.25, 0.3) is 0 Å². The van der Waals surface area contributed by atoms with E-state index >= 15 is 0 Å². The molecule has 76 valence electrons. The van der Waals surface area contributed by atoms with Crippen molar-refractivity contribution in [3.63, 3.8) is 0 Å². The Morgan fingerprint density at radius 2 is 1.92 bits per heavy atom. The second-order valence-corrected chi connectivity index (χ2v) is 4.66. The Kier molecular flexibility index (Phi) is 3.34. The van der Waals surface area contributed by atoms with E-state index in [4.69, 9.17) is 0 Å². The topological polar surface area (TPSA) is 29.1 Å². The van der Waals surface area contributed by atoms with Crippen molar-refractivity contribution in [3.8, 4) is 0 Å². The molecule has 0 bridgehead atoms. The van der Waals surface area contributed by atoms with E-state index in [9.17, 15) is 4.79 Å². The molecule has 1 saturated carbocycles. The van der Waals surface area contributed by atoms with Crippen LogP contribution in [0, 0.1) is 11.3 Å². The number of hydrogen-bond donors (Lipinski definition) is 1. The standard InChI is InChI=1S/C11H21NO/c1-9(2)8-11(10(13)12-3)6-4-5-7-11/h9H,4-8H2,1-3H3,(H,12,13). The second kappa shape index (κ2) is 4.12. The SMILES string of the molecule is CNC(=O)C1(CC(C)C)CCCC1. The lowest BCUT2D eigenvalue weighted by Crippen LogP contribution is -2.38. The number of carbonyl (C=O) groups excluding carboxylic acids is 1. The van der Waals surface area contributed by atoms with Crippen molar-refractivity contribution in [1.29, 1.82) is 0 Å². The van der Waals surface area contributed by atoms with Crippen LogP contribution < -0.4 is 5.32 Å². The highest BCUT2D eigenvalue weighted by Gasteiger charge is 2.40. The van der Waals surface area contributed by atoms with E-state index in [-0.39, 0.29) is 11.3 Å². The molecule has 1 aliphatic rings. The molecule has 0 radical (unpaired) electrons. The Labute approximate surface area is 81.1 Å². The van der Waals surface area contributed by atoms with Gasteiger partial charge in [-0.2, -0.15) is 0 Å². The fourth-order valence-electron chi connectivity index (χ4n) is 2.62. The maximum atomic E-state index is 11.8. The first kappa shape index (κ1) is 10.6. The molecule has 0 aromatic heterocycles. The predicted octanol–water partition coefficient (Wildman–Crippen LogP) is 2.34. The summed E-state index contributed by atoms with van der Waals surface area (Å²) in [5, 5.41) is 2.81. The van der Waals surface area contributed by atoms with Gasteiger partial charge < -0.3 is 5.32 Å². The minimum Gasteiger partial charge on any atom is -0.359 e. The molecule has 0 aliphatic heterocycles. The lowest BCUT2D eigenvalue weighted by molar-refractivity contribution is -0.131. The molecule has 1 fully saturated rings. The zero-order valence-electron chi connectivity index (χ0n) is 9.02. The van der Waals surface area contributed by atoms with E-state index < -0.39 is 0 Å². The Balaban J connectivity index is 2.68. The molecule has 2 heteroatoms. The summed E-state index contributed by atoms with van der Waals surface area (Å²) in [5.41, 5.74) is -0.0249. The van der Waals surface area contributed by atoms with Crippen LogP contribution in [0.2, 0.25) is 0 Å². The number of nitrogens with one attached hydrogen (secondary N) is 1. The average molecular weight is 183 g/mol. The van der Waals surface area contributed by atoms with Crippen molar-refractivity contribution in [2.45, 2.75) is 46.0 Å². The molecule has 0 heterocycles. The summed E-state index contributed by atoms with van der Waals surface area (Å²) in [4.78, 5) is 11.8. The van der Waals surface area contributed by atoms with Crippen LogP contribution in [0.3, 0.4) is 0 Å². The quantitative estimate of drug-likeness (QED) is 0.715. The first-order valence-corrected chi connectivity index (χ1v) is 5.33. The van der Waals surface area contributed by atoms with Crippen molar-refractivity contribution >= 4 is 5.91 Å². The Bertz CT molecular complexity index is 181. The van der Waals surface area contributed by atoms with Gasteiger partial charge in [-0.15, -0.1) is 0 Å². The molecular weight excluding hydrogens is 162 g/mol. The number of hydrogen-bond acceptors (Lipinski definition) is 1. The third-order valence-corrected chi connectivity index (χ3v) is 3.07. The van der Waals surface area contributed by atoms with E-state index in [0.717, 1.165) is 19.3 Å². The highest BCUT2D eigenvalue weighted by molar-refractivity contribution is 5.82. The van der Waals surface area contributed by atoms with Gasteiger partial charge in [0.15, 0.2) is 0 Å². The van der Waals surface area contributed by atoms with Crippen molar-refractivity contribution in [3.05, 3.63) is 0 Å². The van der Waals surface area contributed by atoms with Gasteiger partial charge in [0.2, 0.25) is 5.91 Å². The molecule has 13 heavy (non-hydrogen) atoms. The van der Waals surface area contributed by atoms with Crippen LogP contribution in [0.15, 0.2) is 0 Å². The lowest BCUT2D eigenvalue weighted by Gasteiger charge is -2.28. The molecule has 1 rings (SSSR count). The van der Waals surface area contributed by atoms with Crippen LogP contribution in [-0.4, -0.2) is 13.0 Å². The normalized spacial score (nSPS) is 20.6. The summed E-state index contributed by atoms with van der Waals surface area (Å²) in [5.74, 6) is 0.883. The number of carbonyl (C=O) groups is 1. The Morgan fingerprint density at radius 1 is 1.38 bits per heavy atom. The molecule has 0 atom stereocenters. The van der Waals surface area contributed by atoms with Crippen LogP contribution in [0.1, 0.15) is 46.0 Å². The first-order valence-electron chi connectivity index (χ1n) is 5.33. The molecule has 1 amide bonds. The Hall–Kier alpha value is -0.530. The average Bonchev–Trinajstić information content (AvgIpc) is 2.51. The van der Waals surface area contributed by atoms with Gasteiger partial charge in [0, 0.05) is 12.5 Å². The third kappa shape index (κ3) is 2.23. The van der Waals surface area contributed by atoms with E-state index in [2.05, 4.69) is 19.2 Å². The molecule has 0 spiro atoms. The van der Waals surface area contributed by atoms with Crippen LogP contribution in [-0.2, 0) is 4.79 Å². The molecular formula is C11H21NO. The van der Waals surface area contributed by atoms with Crippen molar-refractivity contribution in [2.24, 2.45) is 11.3 Å². The largest absolute Gasteiger partial charge is 0.359 e. The van der Waals surface area contributed by atoms with E-state index in [0.29, 0.717) is 5.92 Å². The van der Waals surface area contributed by atoms with E-state index in [1.54, 1.807) is 7.05 Å². The van der Waals surface area contributed by atoms with Gasteiger partial charge in [0.1, 0.15) is 0 Å². The Morgan fingerprint density at radius 3 is 2.31 bits per heavy atom. The van der Waals surface area contributed by atoms with Gasteiger partial charge in [0.05, 0.1) is 0 Å². The molecule has 1 aliphatic carbocycles. The molecule has 0 unspecified atom stereocenters. The van der Waals surface area contributed by atoms with Crippen molar-refractivity contribution in [1.82, 2.24) is 5.32 Å². The van der Waals surface area contributed by atoms with Crippen molar-refractivity contribution < 1.29 is 4.79 Å². The second-order valence-electron chi connectivity index (χ2n) is 4.66. The van der Waals surface area contributed by atoms with Gasteiger partial charge in [-0.3, -0.25) is 4.79 Å². The molecule has 0 saturated heterocycles. The number of rotatable bonds is 3. The molecule has 0 aromatic carbocycles. The van der Waals surface area contributed by atoms with Crippen LogP contribution in [0.5, 0.6) is 0 Å². The number of amides is 1. The predicted molar refractivity (Wildman–Crippen MR) is 54.4 cm³/mol. The zero-order chi connectivity index (χ0) is 9.90. The van der Waals surface area contributed by atoms with Crippen LogP contribution >= 0.6 is 0 Å². The summed E-state index contributed by atoms with van der Waals surface area (Å²) in [6.07, 6.45) is 5.67. The molecule has 2 nitrogen and oxygen atoms in total. The summed E-state index contributed by atoms with van der Waals surface area (Å²) < 4.78 is 0. The van der Waals surface area contributed by atoms with Gasteiger partial charge in [-0.25, -0.2) is 0 Å². The van der Waals surface area contributed by atoms with Gasteiger partial charge in [-0.1, -0.05) is 26.7 Å². The van der Waals surface area contributed by atoms with E-state index in [1.165, 1.54) is 12.8 Å². The van der Waals surface area contributed by atoms with Gasteiger partial charge in [0.25, 0.3) is 0 Å². The molecule has 1 N–H and O–H groups in total. The summed E-state index contributed by atoms with van der Waals surface area (Å²) in [6.45, 7) is 4.39. The van der Waals surface area contributed by atoms with Crippen molar-refractivity contribution in [2.75, 3.05) is 7.05 Å². The maximum absolute atomic E-state index is 11.8. The minimum atomic E-state index is -0.0249. The third-order valence-electron chi connectivity index (χ3n) is 3.07. The first-order chi connectivity index (χ1) is 6.10. The maximum Gasteiger partial charge on any atom is 0.225 e. The van der Waals surface area contributed by atoms with Gasteiger partial charge >= 0.3 is 0 Å².